The van der Waals surface area contributed by atoms with Crippen LogP contribution in [-0.4, -0.2) is 33.3 Å². The lowest BCUT2D eigenvalue weighted by molar-refractivity contribution is -0.272. The van der Waals surface area contributed by atoms with E-state index in [4.69, 9.17) is 0 Å². The first-order chi connectivity index (χ1) is 12.7. The molecule has 1 aliphatic carbocycles. The molecule has 2 N–H and O–H groups in total. The molecule has 1 saturated carbocycles. The second kappa shape index (κ2) is 6.99. The molecule has 1 amide bonds. The maximum absolute atomic E-state index is 13.5. The number of carbonyl (C=O) groups is 1. The predicted molar refractivity (Wildman–Crippen MR) is 92.8 cm³/mol. The third-order valence-corrected chi connectivity index (χ3v) is 5.40. The zero-order valence-electron chi connectivity index (χ0n) is 15.0. The predicted octanol–water partition coefficient (Wildman–Crippen LogP) is 2.80. The van der Waals surface area contributed by atoms with E-state index in [-0.39, 0.29) is 12.5 Å². The summed E-state index contributed by atoms with van der Waals surface area (Å²) in [6, 6.07) is 9.25. The minimum atomic E-state index is -4.91. The van der Waals surface area contributed by atoms with E-state index in [1.54, 1.807) is 0 Å². The highest BCUT2D eigenvalue weighted by molar-refractivity contribution is 5.89. The topological polar surface area (TPSA) is 67.2 Å². The van der Waals surface area contributed by atoms with Crippen LogP contribution in [0.15, 0.2) is 42.7 Å². The van der Waals surface area contributed by atoms with Crippen molar-refractivity contribution < 1.29 is 23.1 Å². The van der Waals surface area contributed by atoms with Gasteiger partial charge in [0.1, 0.15) is 5.82 Å². The van der Waals surface area contributed by atoms with Crippen LogP contribution >= 0.6 is 0 Å². The maximum Gasteiger partial charge on any atom is 0.424 e. The molecule has 1 aromatic carbocycles. The van der Waals surface area contributed by atoms with E-state index in [2.05, 4.69) is 10.3 Å². The summed E-state index contributed by atoms with van der Waals surface area (Å²) in [6.07, 6.45) is -0.880. The van der Waals surface area contributed by atoms with Gasteiger partial charge < -0.3 is 15.0 Å². The molecule has 0 saturated heterocycles. The molecule has 146 valence electrons. The van der Waals surface area contributed by atoms with Crippen molar-refractivity contribution in [3.8, 4) is 0 Å². The molecule has 1 aromatic heterocycles. The van der Waals surface area contributed by atoms with E-state index in [1.807, 2.05) is 30.3 Å². The van der Waals surface area contributed by atoms with Crippen molar-refractivity contribution in [3.05, 3.63) is 54.1 Å². The minimum absolute atomic E-state index is 0.302. The summed E-state index contributed by atoms with van der Waals surface area (Å²) >= 11 is 0. The lowest BCUT2D eigenvalue weighted by Gasteiger charge is -2.41. The van der Waals surface area contributed by atoms with Gasteiger partial charge in [-0.1, -0.05) is 36.8 Å². The van der Waals surface area contributed by atoms with Gasteiger partial charge in [0.2, 0.25) is 11.5 Å². The second-order valence-electron chi connectivity index (χ2n) is 7.03. The van der Waals surface area contributed by atoms with Crippen LogP contribution < -0.4 is 5.32 Å². The lowest BCUT2D eigenvalue weighted by atomic mass is 9.64. The molecule has 5 nitrogen and oxygen atoms in total. The number of hydrogen-bond donors (Lipinski definition) is 2. The molecule has 1 heterocycles. The lowest BCUT2D eigenvalue weighted by Crippen LogP contribution is -2.51. The molecule has 0 bridgehead atoms. The smallest absolute Gasteiger partial charge is 0.374 e. The highest BCUT2D eigenvalue weighted by Gasteiger charge is 2.57. The molecule has 0 aliphatic heterocycles. The number of imidazole rings is 1. The fraction of sp³-hybridized carbons (Fsp3) is 0.474. The zero-order valence-corrected chi connectivity index (χ0v) is 15.0. The average Bonchev–Trinajstić information content (AvgIpc) is 3.00. The Morgan fingerprint density at radius 3 is 2.44 bits per heavy atom. The van der Waals surface area contributed by atoms with Gasteiger partial charge in [-0.05, 0) is 18.4 Å². The fourth-order valence-electron chi connectivity index (χ4n) is 3.60. The molecule has 1 fully saturated rings. The molecular formula is C19H22F3N3O2. The van der Waals surface area contributed by atoms with Crippen molar-refractivity contribution in [2.24, 2.45) is 7.05 Å². The van der Waals surface area contributed by atoms with Crippen molar-refractivity contribution in [2.75, 3.05) is 6.54 Å². The number of benzene rings is 1. The van der Waals surface area contributed by atoms with Crippen molar-refractivity contribution in [3.63, 3.8) is 0 Å². The van der Waals surface area contributed by atoms with Crippen molar-refractivity contribution >= 4 is 5.91 Å². The van der Waals surface area contributed by atoms with E-state index in [1.165, 1.54) is 19.4 Å². The number of carbonyl (C=O) groups excluding carboxylic acids is 1. The summed E-state index contributed by atoms with van der Waals surface area (Å²) in [4.78, 5) is 16.4. The van der Waals surface area contributed by atoms with Crippen molar-refractivity contribution in [2.45, 2.75) is 42.9 Å². The Morgan fingerprint density at radius 2 is 1.96 bits per heavy atom. The monoisotopic (exact) mass is 381 g/mol. The first kappa shape index (κ1) is 19.4. The van der Waals surface area contributed by atoms with Crippen LogP contribution in [0.1, 0.15) is 37.1 Å². The molecule has 0 unspecified atom stereocenters. The Bertz CT molecular complexity index is 800. The summed E-state index contributed by atoms with van der Waals surface area (Å²) in [5.74, 6) is -0.796. The van der Waals surface area contributed by atoms with Gasteiger partial charge >= 0.3 is 6.18 Å². The Morgan fingerprint density at radius 1 is 1.30 bits per heavy atom. The van der Waals surface area contributed by atoms with Crippen LogP contribution in [0.5, 0.6) is 0 Å². The number of nitrogens with one attached hydrogen (secondary N) is 1. The largest absolute Gasteiger partial charge is 0.424 e. The third kappa shape index (κ3) is 3.34. The minimum Gasteiger partial charge on any atom is -0.374 e. The van der Waals surface area contributed by atoms with Gasteiger partial charge in [-0.2, -0.15) is 13.2 Å². The van der Waals surface area contributed by atoms with Gasteiger partial charge in [0.05, 0.1) is 5.41 Å². The summed E-state index contributed by atoms with van der Waals surface area (Å²) in [7, 11) is 1.39. The van der Waals surface area contributed by atoms with Gasteiger partial charge in [-0.3, -0.25) is 4.79 Å². The maximum atomic E-state index is 13.5. The summed E-state index contributed by atoms with van der Waals surface area (Å²) in [5, 5.41) is 12.9. The molecule has 27 heavy (non-hydrogen) atoms. The molecule has 3 rings (SSSR count). The van der Waals surface area contributed by atoms with Crippen LogP contribution in [0, 0.1) is 0 Å². The van der Waals surface area contributed by atoms with Crippen LogP contribution in [0.25, 0.3) is 0 Å². The molecule has 1 atom stereocenters. The van der Waals surface area contributed by atoms with Crippen molar-refractivity contribution in [1.82, 2.24) is 14.9 Å². The molecule has 0 radical (unpaired) electrons. The van der Waals surface area contributed by atoms with Crippen molar-refractivity contribution in [1.29, 1.82) is 0 Å². The number of aromatic nitrogens is 2. The van der Waals surface area contributed by atoms with Gasteiger partial charge in [0.15, 0.2) is 0 Å². The molecular weight excluding hydrogens is 359 g/mol. The zero-order chi connectivity index (χ0) is 19.7. The van der Waals surface area contributed by atoms with Gasteiger partial charge in [-0.25, -0.2) is 4.98 Å². The van der Waals surface area contributed by atoms with Crippen LogP contribution in [0.3, 0.4) is 0 Å². The Hall–Kier alpha value is -2.35. The standard InChI is InChI=1S/C19H22F3N3O2/c1-25-13-12-23-15(25)18(27,19(20,21)22)10-11-24-16(26)17(8-5-9-17)14-6-3-2-4-7-14/h2-4,6-7,12-13,27H,5,8-11H2,1H3,(H,24,26)/t18-/m1/s1. The SMILES string of the molecule is Cn1ccnc1[C@](O)(CCNC(=O)C1(c2ccccc2)CCC1)C(F)(F)F. The summed E-state index contributed by atoms with van der Waals surface area (Å²) in [5.41, 5.74) is -2.96. The number of hydrogen-bond acceptors (Lipinski definition) is 3. The van der Waals surface area contributed by atoms with Crippen LogP contribution in [0.2, 0.25) is 0 Å². The van der Waals surface area contributed by atoms with E-state index < -0.39 is 29.4 Å². The first-order valence-corrected chi connectivity index (χ1v) is 8.81. The van der Waals surface area contributed by atoms with Crippen LogP contribution in [0.4, 0.5) is 13.2 Å². The van der Waals surface area contributed by atoms with Gasteiger partial charge in [0.25, 0.3) is 0 Å². The third-order valence-electron chi connectivity index (χ3n) is 5.40. The second-order valence-corrected chi connectivity index (χ2v) is 7.03. The highest BCUT2D eigenvalue weighted by atomic mass is 19.4. The first-order valence-electron chi connectivity index (χ1n) is 8.81. The fourth-order valence-corrected chi connectivity index (χ4v) is 3.60. The summed E-state index contributed by atoms with van der Waals surface area (Å²) < 4.78 is 41.7. The van der Waals surface area contributed by atoms with Gasteiger partial charge in [0, 0.05) is 32.4 Å². The van der Waals surface area contributed by atoms with E-state index >= 15 is 0 Å². The van der Waals surface area contributed by atoms with Crippen LogP contribution in [-0.2, 0) is 22.9 Å². The van der Waals surface area contributed by atoms with E-state index in [9.17, 15) is 23.1 Å². The van der Waals surface area contributed by atoms with E-state index in [0.29, 0.717) is 12.8 Å². The Labute approximate surface area is 155 Å². The quantitative estimate of drug-likeness (QED) is 0.809. The molecule has 0 spiro atoms. The molecule has 2 aromatic rings. The average molecular weight is 381 g/mol. The highest BCUT2D eigenvalue weighted by Crippen LogP contribution is 2.44. The number of aliphatic hydroxyl groups is 1. The normalized spacial score (nSPS) is 18.4. The van der Waals surface area contributed by atoms with E-state index in [0.717, 1.165) is 16.6 Å². The Kier molecular flexibility index (Phi) is 5.03. The van der Waals surface area contributed by atoms with Gasteiger partial charge in [-0.15, -0.1) is 0 Å². The number of rotatable bonds is 6. The Balaban J connectivity index is 1.72. The summed E-state index contributed by atoms with van der Waals surface area (Å²) in [6.45, 7) is -0.309. The number of alkyl halides is 3. The molecule has 1 aliphatic rings. The number of nitrogens with zero attached hydrogens (tertiary/aromatic N) is 2. The number of amides is 1. The number of halogens is 3. The number of aryl methyl sites for hydroxylation is 1. The molecule has 8 heteroatoms.